The van der Waals surface area contributed by atoms with Crippen LogP contribution in [-0.4, -0.2) is 53.7 Å². The van der Waals surface area contributed by atoms with Gasteiger partial charge >= 0.3 is 12.0 Å². The molecule has 0 aromatic heterocycles. The quantitative estimate of drug-likeness (QED) is 0.661. The number of hydrogen-bond acceptors (Lipinski definition) is 3. The summed E-state index contributed by atoms with van der Waals surface area (Å²) in [6.45, 7) is 7.86. The number of likely N-dealkylation sites (N-methyl/N-ethyl adjacent to an activating group) is 1. The minimum absolute atomic E-state index is 0.114. The number of hydrogen-bond donors (Lipinski definition) is 3. The molecule has 0 unspecified atom stereocenters. The second kappa shape index (κ2) is 6.04. The summed E-state index contributed by atoms with van der Waals surface area (Å²) in [5, 5.41) is 14.1. The van der Waals surface area contributed by atoms with Crippen LogP contribution in [0, 0.1) is 0 Å². The molecule has 0 radical (unpaired) electrons. The molecule has 6 nitrogen and oxygen atoms in total. The first kappa shape index (κ1) is 16.7. The Balaban J connectivity index is 4.24. The van der Waals surface area contributed by atoms with Crippen molar-refractivity contribution in [3.05, 3.63) is 0 Å². The van der Waals surface area contributed by atoms with Gasteiger partial charge in [-0.15, -0.1) is 0 Å². The van der Waals surface area contributed by atoms with Crippen LogP contribution in [0.5, 0.6) is 0 Å². The van der Waals surface area contributed by atoms with Gasteiger partial charge in [0.25, 0.3) is 0 Å². The molecule has 3 N–H and O–H groups in total. The summed E-state index contributed by atoms with van der Waals surface area (Å²) in [5.41, 5.74) is -0.924. The van der Waals surface area contributed by atoms with E-state index in [4.69, 9.17) is 5.11 Å². The monoisotopic (exact) mass is 259 g/mol. The minimum Gasteiger partial charge on any atom is -0.481 e. The normalized spacial score (nSPS) is 12.4. The van der Waals surface area contributed by atoms with E-state index in [9.17, 15) is 9.59 Å². The Morgan fingerprint density at radius 2 is 1.67 bits per heavy atom. The van der Waals surface area contributed by atoms with Gasteiger partial charge in [-0.1, -0.05) is 0 Å². The molecular weight excluding hydrogens is 234 g/mol. The van der Waals surface area contributed by atoms with E-state index < -0.39 is 11.5 Å². The second-order valence-corrected chi connectivity index (χ2v) is 5.97. The lowest BCUT2D eigenvalue weighted by atomic mass is 10.0. The van der Waals surface area contributed by atoms with Crippen molar-refractivity contribution in [3.63, 3.8) is 0 Å². The van der Waals surface area contributed by atoms with Crippen LogP contribution in [0.25, 0.3) is 0 Å². The van der Waals surface area contributed by atoms with Crippen LogP contribution in [0.2, 0.25) is 0 Å². The Morgan fingerprint density at radius 1 is 1.17 bits per heavy atom. The predicted molar refractivity (Wildman–Crippen MR) is 70.6 cm³/mol. The lowest BCUT2D eigenvalue weighted by Gasteiger charge is -2.33. The van der Waals surface area contributed by atoms with Crippen LogP contribution >= 0.6 is 0 Å². The van der Waals surface area contributed by atoms with Crippen molar-refractivity contribution in [2.24, 2.45) is 0 Å². The molecule has 0 aromatic rings. The Morgan fingerprint density at radius 3 is 2.06 bits per heavy atom. The fraction of sp³-hybridized carbons (Fsp3) is 0.833. The van der Waals surface area contributed by atoms with Crippen molar-refractivity contribution in [1.29, 1.82) is 0 Å². The Hall–Kier alpha value is -1.30. The third kappa shape index (κ3) is 6.44. The van der Waals surface area contributed by atoms with Gasteiger partial charge in [0, 0.05) is 17.6 Å². The minimum atomic E-state index is -0.936. The number of carboxylic acid groups (broad SMARTS) is 1. The van der Waals surface area contributed by atoms with Gasteiger partial charge < -0.3 is 20.6 Å². The molecule has 0 bridgehead atoms. The summed E-state index contributed by atoms with van der Waals surface area (Å²) in [5.74, 6) is -0.936. The van der Waals surface area contributed by atoms with Gasteiger partial charge in [-0.3, -0.25) is 4.79 Å². The van der Waals surface area contributed by atoms with E-state index in [1.54, 1.807) is 13.8 Å². The SMILES string of the molecule is CN(C)C(C)(C)CNC(=O)NC(C)(C)CC(=O)O. The molecule has 0 rings (SSSR count). The molecule has 0 heterocycles. The maximum absolute atomic E-state index is 11.7. The number of nitrogens with one attached hydrogen (secondary N) is 2. The van der Waals surface area contributed by atoms with Crippen molar-refractivity contribution in [2.45, 2.75) is 45.2 Å². The van der Waals surface area contributed by atoms with Gasteiger partial charge in [0.2, 0.25) is 0 Å². The van der Waals surface area contributed by atoms with Crippen LogP contribution in [-0.2, 0) is 4.79 Å². The number of carboxylic acids is 1. The van der Waals surface area contributed by atoms with E-state index in [-0.39, 0.29) is 18.0 Å². The highest BCUT2D eigenvalue weighted by atomic mass is 16.4. The van der Waals surface area contributed by atoms with Gasteiger partial charge in [0.05, 0.1) is 6.42 Å². The Bertz CT molecular complexity index is 312. The summed E-state index contributed by atoms with van der Waals surface area (Å²) in [4.78, 5) is 24.3. The number of aliphatic carboxylic acids is 1. The summed E-state index contributed by atoms with van der Waals surface area (Å²) >= 11 is 0. The lowest BCUT2D eigenvalue weighted by Crippen LogP contribution is -2.54. The highest BCUT2D eigenvalue weighted by Gasteiger charge is 2.25. The maximum atomic E-state index is 11.7. The zero-order chi connectivity index (χ0) is 14.6. The van der Waals surface area contributed by atoms with E-state index in [1.165, 1.54) is 0 Å². The van der Waals surface area contributed by atoms with E-state index in [2.05, 4.69) is 10.6 Å². The van der Waals surface area contributed by atoms with Crippen LogP contribution < -0.4 is 10.6 Å². The number of amides is 2. The number of nitrogens with zero attached hydrogens (tertiary/aromatic N) is 1. The molecule has 0 aromatic carbocycles. The van der Waals surface area contributed by atoms with Crippen molar-refractivity contribution < 1.29 is 14.7 Å². The first-order valence-corrected chi connectivity index (χ1v) is 5.91. The predicted octanol–water partition coefficient (Wildman–Crippen LogP) is 0.879. The van der Waals surface area contributed by atoms with Gasteiger partial charge in [-0.05, 0) is 41.8 Å². The lowest BCUT2D eigenvalue weighted by molar-refractivity contribution is -0.138. The van der Waals surface area contributed by atoms with Crippen LogP contribution in [0.4, 0.5) is 4.79 Å². The highest BCUT2D eigenvalue weighted by Crippen LogP contribution is 2.09. The molecule has 106 valence electrons. The van der Waals surface area contributed by atoms with Crippen LogP contribution in [0.3, 0.4) is 0 Å². The smallest absolute Gasteiger partial charge is 0.315 e. The summed E-state index contributed by atoms with van der Waals surface area (Å²) in [7, 11) is 3.88. The molecular formula is C12H25N3O3. The Kier molecular flexibility index (Phi) is 5.60. The molecule has 0 aliphatic rings. The molecule has 2 amide bonds. The average molecular weight is 259 g/mol. The number of carbonyl (C=O) groups excluding carboxylic acids is 1. The molecule has 0 aliphatic heterocycles. The topological polar surface area (TPSA) is 81.7 Å². The number of rotatable bonds is 6. The fourth-order valence-corrected chi connectivity index (χ4v) is 1.23. The van der Waals surface area contributed by atoms with Gasteiger partial charge in [-0.2, -0.15) is 0 Å². The van der Waals surface area contributed by atoms with Gasteiger partial charge in [0.1, 0.15) is 0 Å². The summed E-state index contributed by atoms with van der Waals surface area (Å²) < 4.78 is 0. The fourth-order valence-electron chi connectivity index (χ4n) is 1.23. The van der Waals surface area contributed by atoms with E-state index in [0.717, 1.165) is 0 Å². The third-order valence-electron chi connectivity index (χ3n) is 2.94. The molecule has 0 saturated carbocycles. The standard InChI is InChI=1S/C12H25N3O3/c1-11(2,7-9(16)17)14-10(18)13-8-12(3,4)15(5)6/h7-8H2,1-6H3,(H,16,17)(H2,13,14,18). The first-order valence-electron chi connectivity index (χ1n) is 5.91. The average Bonchev–Trinajstić information content (AvgIpc) is 2.11. The first-order chi connectivity index (χ1) is 7.96. The zero-order valence-corrected chi connectivity index (χ0v) is 12.1. The highest BCUT2D eigenvalue weighted by molar-refractivity contribution is 5.76. The Labute approximate surface area is 109 Å². The molecule has 0 fully saturated rings. The molecule has 0 saturated heterocycles. The molecule has 6 heteroatoms. The molecule has 0 spiro atoms. The van der Waals surface area contributed by atoms with Crippen molar-refractivity contribution in [2.75, 3.05) is 20.6 Å². The van der Waals surface area contributed by atoms with E-state index in [1.807, 2.05) is 32.8 Å². The van der Waals surface area contributed by atoms with E-state index in [0.29, 0.717) is 6.54 Å². The summed E-state index contributed by atoms with van der Waals surface area (Å²) in [6, 6.07) is -0.351. The van der Waals surface area contributed by atoms with Gasteiger partial charge in [-0.25, -0.2) is 4.79 Å². The van der Waals surface area contributed by atoms with E-state index >= 15 is 0 Å². The molecule has 0 aliphatic carbocycles. The second-order valence-electron chi connectivity index (χ2n) is 5.97. The largest absolute Gasteiger partial charge is 0.481 e. The number of urea groups is 1. The molecule has 0 atom stereocenters. The van der Waals surface area contributed by atoms with Gasteiger partial charge in [0.15, 0.2) is 0 Å². The van der Waals surface area contributed by atoms with Crippen LogP contribution in [0.1, 0.15) is 34.1 Å². The molecule has 18 heavy (non-hydrogen) atoms. The maximum Gasteiger partial charge on any atom is 0.315 e. The van der Waals surface area contributed by atoms with Crippen molar-refractivity contribution >= 4 is 12.0 Å². The zero-order valence-electron chi connectivity index (χ0n) is 12.1. The van der Waals surface area contributed by atoms with Crippen molar-refractivity contribution in [1.82, 2.24) is 15.5 Å². The van der Waals surface area contributed by atoms with Crippen molar-refractivity contribution in [3.8, 4) is 0 Å². The number of carbonyl (C=O) groups is 2. The third-order valence-corrected chi connectivity index (χ3v) is 2.94. The van der Waals surface area contributed by atoms with Crippen LogP contribution in [0.15, 0.2) is 0 Å². The summed E-state index contributed by atoms with van der Waals surface area (Å²) in [6.07, 6.45) is -0.114.